The minimum Gasteiger partial charge on any atom is -0.457 e. The first-order chi connectivity index (χ1) is 7.18. The molecule has 1 aromatic rings. The van der Waals surface area contributed by atoms with E-state index in [-0.39, 0.29) is 12.1 Å². The van der Waals surface area contributed by atoms with Crippen molar-refractivity contribution < 1.29 is 9.53 Å². The molecule has 2 rings (SSSR count). The van der Waals surface area contributed by atoms with Gasteiger partial charge < -0.3 is 4.74 Å². The van der Waals surface area contributed by atoms with Gasteiger partial charge in [0.25, 0.3) is 0 Å². The van der Waals surface area contributed by atoms with E-state index in [9.17, 15) is 4.79 Å². The number of aryl methyl sites for hydroxylation is 1. The van der Waals surface area contributed by atoms with Crippen molar-refractivity contribution >= 4 is 5.97 Å². The van der Waals surface area contributed by atoms with Gasteiger partial charge in [0.2, 0.25) is 0 Å². The van der Waals surface area contributed by atoms with Crippen molar-refractivity contribution in [2.75, 3.05) is 0 Å². The van der Waals surface area contributed by atoms with Gasteiger partial charge in [-0.1, -0.05) is 31.2 Å². The maximum atomic E-state index is 11.0. The van der Waals surface area contributed by atoms with E-state index in [0.29, 0.717) is 5.92 Å². The SMILES string of the molecule is CC(=O)O[C@H]1c2ccccc2CCC1C. The number of hydrogen-bond acceptors (Lipinski definition) is 2. The van der Waals surface area contributed by atoms with Gasteiger partial charge in [0, 0.05) is 6.92 Å². The minimum atomic E-state index is -0.191. The molecule has 0 fully saturated rings. The van der Waals surface area contributed by atoms with E-state index in [1.54, 1.807) is 0 Å². The maximum Gasteiger partial charge on any atom is 0.303 e. The number of hydrogen-bond donors (Lipinski definition) is 0. The lowest BCUT2D eigenvalue weighted by molar-refractivity contribution is -0.149. The van der Waals surface area contributed by atoms with Crippen LogP contribution in [-0.2, 0) is 16.0 Å². The summed E-state index contributed by atoms with van der Waals surface area (Å²) < 4.78 is 5.39. The normalized spacial score (nSPS) is 24.4. The second-order valence-corrected chi connectivity index (χ2v) is 4.24. The second-order valence-electron chi connectivity index (χ2n) is 4.24. The highest BCUT2D eigenvalue weighted by molar-refractivity contribution is 5.66. The number of esters is 1. The molecule has 0 aromatic heterocycles. The Hall–Kier alpha value is -1.31. The number of ether oxygens (including phenoxy) is 1. The third-order valence-corrected chi connectivity index (χ3v) is 3.04. The van der Waals surface area contributed by atoms with Gasteiger partial charge in [-0.15, -0.1) is 0 Å². The predicted octanol–water partition coefficient (Wildman–Crippen LogP) is 2.87. The Morgan fingerprint density at radius 2 is 2.13 bits per heavy atom. The van der Waals surface area contributed by atoms with Gasteiger partial charge in [0.05, 0.1) is 0 Å². The Morgan fingerprint density at radius 3 is 2.87 bits per heavy atom. The highest BCUT2D eigenvalue weighted by Crippen LogP contribution is 2.36. The quantitative estimate of drug-likeness (QED) is 0.657. The van der Waals surface area contributed by atoms with Crippen molar-refractivity contribution in [1.82, 2.24) is 0 Å². The monoisotopic (exact) mass is 204 g/mol. The van der Waals surface area contributed by atoms with Crippen LogP contribution < -0.4 is 0 Å². The van der Waals surface area contributed by atoms with Crippen LogP contribution in [0.15, 0.2) is 24.3 Å². The van der Waals surface area contributed by atoms with Crippen molar-refractivity contribution in [1.29, 1.82) is 0 Å². The summed E-state index contributed by atoms with van der Waals surface area (Å²) >= 11 is 0. The average Bonchev–Trinajstić information content (AvgIpc) is 2.22. The smallest absolute Gasteiger partial charge is 0.303 e. The van der Waals surface area contributed by atoms with E-state index in [0.717, 1.165) is 12.8 Å². The van der Waals surface area contributed by atoms with Crippen molar-refractivity contribution in [2.24, 2.45) is 5.92 Å². The third-order valence-electron chi connectivity index (χ3n) is 3.04. The molecule has 1 aliphatic rings. The lowest BCUT2D eigenvalue weighted by Crippen LogP contribution is -2.22. The van der Waals surface area contributed by atoms with Gasteiger partial charge >= 0.3 is 5.97 Å². The zero-order valence-electron chi connectivity index (χ0n) is 9.19. The molecular formula is C13H16O2. The van der Waals surface area contributed by atoms with E-state index in [1.165, 1.54) is 18.1 Å². The molecule has 0 N–H and O–H groups in total. The van der Waals surface area contributed by atoms with Gasteiger partial charge in [0.1, 0.15) is 6.10 Å². The fraction of sp³-hybridized carbons (Fsp3) is 0.462. The molecule has 0 heterocycles. The summed E-state index contributed by atoms with van der Waals surface area (Å²) in [5, 5.41) is 0. The Balaban J connectivity index is 2.32. The van der Waals surface area contributed by atoms with Crippen LogP contribution in [-0.4, -0.2) is 5.97 Å². The molecule has 1 unspecified atom stereocenters. The molecular weight excluding hydrogens is 188 g/mol. The third kappa shape index (κ3) is 2.04. The van der Waals surface area contributed by atoms with E-state index < -0.39 is 0 Å². The maximum absolute atomic E-state index is 11.0. The first kappa shape index (κ1) is 10.2. The molecule has 0 bridgehead atoms. The molecule has 1 aliphatic carbocycles. The summed E-state index contributed by atoms with van der Waals surface area (Å²) in [5.41, 5.74) is 2.51. The number of carbonyl (C=O) groups excluding carboxylic acids is 1. The first-order valence-corrected chi connectivity index (χ1v) is 5.43. The van der Waals surface area contributed by atoms with E-state index in [1.807, 2.05) is 12.1 Å². The lowest BCUT2D eigenvalue weighted by atomic mass is 9.82. The van der Waals surface area contributed by atoms with Crippen molar-refractivity contribution in [3.05, 3.63) is 35.4 Å². The minimum absolute atomic E-state index is 0.0487. The van der Waals surface area contributed by atoms with Crippen LogP contribution in [0, 0.1) is 5.92 Å². The van der Waals surface area contributed by atoms with Crippen LogP contribution in [0.3, 0.4) is 0 Å². The molecule has 2 nitrogen and oxygen atoms in total. The van der Waals surface area contributed by atoms with Gasteiger partial charge in [-0.25, -0.2) is 0 Å². The van der Waals surface area contributed by atoms with E-state index >= 15 is 0 Å². The fourth-order valence-electron chi connectivity index (χ4n) is 2.24. The van der Waals surface area contributed by atoms with Crippen molar-refractivity contribution in [3.8, 4) is 0 Å². The van der Waals surface area contributed by atoms with Gasteiger partial charge in [-0.2, -0.15) is 0 Å². The summed E-state index contributed by atoms with van der Waals surface area (Å²) in [6.07, 6.45) is 2.14. The Kier molecular flexibility index (Phi) is 2.76. The second kappa shape index (κ2) is 4.05. The van der Waals surface area contributed by atoms with E-state index in [4.69, 9.17) is 4.74 Å². The number of carbonyl (C=O) groups is 1. The molecule has 0 saturated heterocycles. The molecule has 80 valence electrons. The standard InChI is InChI=1S/C13H16O2/c1-9-7-8-11-5-3-4-6-12(11)13(9)15-10(2)14/h3-6,9,13H,7-8H2,1-2H3/t9?,13-/m1/s1. The number of benzene rings is 1. The largest absolute Gasteiger partial charge is 0.457 e. The van der Waals surface area contributed by atoms with Crippen LogP contribution in [0.5, 0.6) is 0 Å². The van der Waals surface area contributed by atoms with Crippen LogP contribution in [0.2, 0.25) is 0 Å². The average molecular weight is 204 g/mol. The summed E-state index contributed by atoms with van der Waals surface area (Å²) in [6, 6.07) is 8.24. The highest BCUT2D eigenvalue weighted by Gasteiger charge is 2.28. The van der Waals surface area contributed by atoms with Crippen molar-refractivity contribution in [2.45, 2.75) is 32.8 Å². The zero-order chi connectivity index (χ0) is 10.8. The molecule has 2 heteroatoms. The number of rotatable bonds is 1. The van der Waals surface area contributed by atoms with Crippen LogP contribution >= 0.6 is 0 Å². The van der Waals surface area contributed by atoms with Crippen LogP contribution in [0.4, 0.5) is 0 Å². The van der Waals surface area contributed by atoms with Crippen LogP contribution in [0.25, 0.3) is 0 Å². The molecule has 2 atom stereocenters. The van der Waals surface area contributed by atoms with E-state index in [2.05, 4.69) is 19.1 Å². The Bertz CT molecular complexity index is 371. The molecule has 0 aliphatic heterocycles. The topological polar surface area (TPSA) is 26.3 Å². The molecule has 0 radical (unpaired) electrons. The summed E-state index contributed by atoms with van der Waals surface area (Å²) in [6.45, 7) is 3.62. The van der Waals surface area contributed by atoms with Crippen LogP contribution in [0.1, 0.15) is 37.5 Å². The zero-order valence-corrected chi connectivity index (χ0v) is 9.19. The summed E-state index contributed by atoms with van der Waals surface area (Å²) in [4.78, 5) is 11.0. The Labute approximate surface area is 90.3 Å². The van der Waals surface area contributed by atoms with Crippen molar-refractivity contribution in [3.63, 3.8) is 0 Å². The fourth-order valence-corrected chi connectivity index (χ4v) is 2.24. The lowest BCUT2D eigenvalue weighted by Gasteiger charge is -2.30. The highest BCUT2D eigenvalue weighted by atomic mass is 16.5. The molecule has 0 amide bonds. The number of fused-ring (bicyclic) bond motifs is 1. The van der Waals surface area contributed by atoms with Gasteiger partial charge in [0.15, 0.2) is 0 Å². The first-order valence-electron chi connectivity index (χ1n) is 5.43. The predicted molar refractivity (Wildman–Crippen MR) is 58.4 cm³/mol. The molecule has 0 spiro atoms. The van der Waals surface area contributed by atoms with Gasteiger partial charge in [-0.3, -0.25) is 4.79 Å². The molecule has 15 heavy (non-hydrogen) atoms. The summed E-state index contributed by atoms with van der Waals surface area (Å²) in [5.74, 6) is 0.229. The van der Waals surface area contributed by atoms with Gasteiger partial charge in [-0.05, 0) is 29.9 Å². The summed E-state index contributed by atoms with van der Waals surface area (Å²) in [7, 11) is 0. The molecule has 1 aromatic carbocycles. The molecule has 0 saturated carbocycles. The Morgan fingerprint density at radius 1 is 1.40 bits per heavy atom.